The lowest BCUT2D eigenvalue weighted by Crippen LogP contribution is -2.47. The van der Waals surface area contributed by atoms with Crippen molar-refractivity contribution in [1.29, 1.82) is 0 Å². The van der Waals surface area contributed by atoms with E-state index in [0.717, 1.165) is 10.7 Å². The lowest BCUT2D eigenvalue weighted by Gasteiger charge is -2.37. The summed E-state index contributed by atoms with van der Waals surface area (Å²) in [6, 6.07) is 9.14. The van der Waals surface area contributed by atoms with Crippen molar-refractivity contribution < 1.29 is 19.1 Å². The third-order valence-corrected chi connectivity index (χ3v) is 6.45. The second kappa shape index (κ2) is 9.33. The topological polar surface area (TPSA) is 84.0 Å². The quantitative estimate of drug-likeness (QED) is 0.762. The number of ether oxygens (including phenoxy) is 2. The highest BCUT2D eigenvalue weighted by molar-refractivity contribution is 7.09. The van der Waals surface area contributed by atoms with Gasteiger partial charge in [-0.2, -0.15) is 0 Å². The maximum atomic E-state index is 12.9. The van der Waals surface area contributed by atoms with E-state index in [4.69, 9.17) is 9.47 Å². The minimum atomic E-state index is -0.506. The number of carbonyl (C=O) groups excluding carboxylic acids is 2. The van der Waals surface area contributed by atoms with Crippen molar-refractivity contribution in [1.82, 2.24) is 14.8 Å². The zero-order valence-electron chi connectivity index (χ0n) is 17.9. The van der Waals surface area contributed by atoms with Crippen LogP contribution >= 0.6 is 11.3 Å². The molecule has 4 rings (SSSR count). The van der Waals surface area contributed by atoms with Gasteiger partial charge in [0.25, 0.3) is 5.91 Å². The van der Waals surface area contributed by atoms with Crippen molar-refractivity contribution in [2.45, 2.75) is 45.1 Å². The molecule has 2 fully saturated rings. The molecule has 0 unspecified atom stereocenters. The van der Waals surface area contributed by atoms with E-state index >= 15 is 0 Å². The van der Waals surface area contributed by atoms with Crippen LogP contribution < -0.4 is 5.32 Å². The Morgan fingerprint density at radius 1 is 1.19 bits per heavy atom. The molecule has 31 heavy (non-hydrogen) atoms. The Morgan fingerprint density at radius 3 is 2.52 bits per heavy atom. The second-order valence-corrected chi connectivity index (χ2v) is 8.99. The predicted molar refractivity (Wildman–Crippen MR) is 118 cm³/mol. The molecule has 9 heteroatoms. The average molecular weight is 445 g/mol. The molecule has 0 saturated carbocycles. The summed E-state index contributed by atoms with van der Waals surface area (Å²) < 4.78 is 11.5. The van der Waals surface area contributed by atoms with E-state index in [0.29, 0.717) is 51.4 Å². The number of aromatic nitrogens is 1. The van der Waals surface area contributed by atoms with Crippen LogP contribution in [0.1, 0.15) is 42.2 Å². The molecule has 0 atom stereocenters. The fraction of sp³-hybridized carbons (Fsp3) is 0.500. The first-order valence-corrected chi connectivity index (χ1v) is 11.5. The number of likely N-dealkylation sites (tertiary alicyclic amines) is 1. The lowest BCUT2D eigenvalue weighted by molar-refractivity contribution is -0.181. The molecule has 0 radical (unpaired) electrons. The molecule has 0 aliphatic carbocycles. The first-order chi connectivity index (χ1) is 15.0. The van der Waals surface area contributed by atoms with Crippen LogP contribution in [-0.4, -0.2) is 64.9 Å². The van der Waals surface area contributed by atoms with Gasteiger partial charge >= 0.3 is 6.03 Å². The van der Waals surface area contributed by atoms with Gasteiger partial charge < -0.3 is 24.6 Å². The maximum Gasteiger partial charge on any atom is 0.322 e. The monoisotopic (exact) mass is 444 g/mol. The Balaban J connectivity index is 1.36. The number of benzene rings is 1. The van der Waals surface area contributed by atoms with Gasteiger partial charge in [-0.05, 0) is 26.0 Å². The van der Waals surface area contributed by atoms with Gasteiger partial charge in [-0.1, -0.05) is 18.2 Å². The summed E-state index contributed by atoms with van der Waals surface area (Å²) in [6.45, 7) is 6.68. The summed E-state index contributed by atoms with van der Waals surface area (Å²) in [7, 11) is 0. The molecular weight excluding hydrogens is 416 g/mol. The number of nitrogens with zero attached hydrogens (tertiary/aromatic N) is 3. The SMILES string of the molecule is CC(C)N(Cc1nc(C(=O)N2CCC3(CC2)OCCO3)cs1)C(=O)Nc1ccccc1. The first-order valence-electron chi connectivity index (χ1n) is 10.6. The van der Waals surface area contributed by atoms with E-state index in [1.165, 1.54) is 11.3 Å². The number of hydrogen-bond donors (Lipinski definition) is 1. The zero-order valence-corrected chi connectivity index (χ0v) is 18.7. The number of rotatable bonds is 5. The molecule has 2 aliphatic heterocycles. The Labute approximate surface area is 186 Å². The summed E-state index contributed by atoms with van der Waals surface area (Å²) in [5.41, 5.74) is 1.17. The largest absolute Gasteiger partial charge is 0.347 e. The molecule has 2 saturated heterocycles. The minimum absolute atomic E-state index is 0.0172. The predicted octanol–water partition coefficient (Wildman–Crippen LogP) is 3.56. The van der Waals surface area contributed by atoms with Crippen LogP contribution in [0, 0.1) is 0 Å². The highest BCUT2D eigenvalue weighted by atomic mass is 32.1. The molecule has 2 aromatic rings. The Morgan fingerprint density at radius 2 is 1.87 bits per heavy atom. The molecule has 2 aliphatic rings. The Kier molecular flexibility index (Phi) is 6.54. The number of amides is 3. The summed E-state index contributed by atoms with van der Waals surface area (Å²) in [4.78, 5) is 33.7. The van der Waals surface area contributed by atoms with Gasteiger partial charge in [0.05, 0.1) is 19.8 Å². The van der Waals surface area contributed by atoms with Crippen LogP contribution in [0.2, 0.25) is 0 Å². The van der Waals surface area contributed by atoms with E-state index in [-0.39, 0.29) is 18.0 Å². The normalized spacial score (nSPS) is 17.8. The lowest BCUT2D eigenvalue weighted by atomic mass is 10.0. The van der Waals surface area contributed by atoms with Gasteiger partial charge in [0.2, 0.25) is 0 Å². The fourth-order valence-corrected chi connectivity index (χ4v) is 4.60. The van der Waals surface area contributed by atoms with Crippen molar-refractivity contribution in [2.24, 2.45) is 0 Å². The van der Waals surface area contributed by atoms with Crippen molar-refractivity contribution >= 4 is 29.0 Å². The van der Waals surface area contributed by atoms with Gasteiger partial charge in [0.15, 0.2) is 5.79 Å². The molecule has 1 aromatic carbocycles. The molecule has 166 valence electrons. The second-order valence-electron chi connectivity index (χ2n) is 8.04. The summed E-state index contributed by atoms with van der Waals surface area (Å²) in [5.74, 6) is -0.589. The number of piperidine rings is 1. The van der Waals surface area contributed by atoms with E-state index in [9.17, 15) is 9.59 Å². The van der Waals surface area contributed by atoms with Gasteiger partial charge in [-0.25, -0.2) is 9.78 Å². The van der Waals surface area contributed by atoms with Crippen molar-refractivity contribution in [2.75, 3.05) is 31.6 Å². The molecule has 0 bridgehead atoms. The van der Waals surface area contributed by atoms with E-state index in [1.54, 1.807) is 15.2 Å². The third kappa shape index (κ3) is 5.06. The highest BCUT2D eigenvalue weighted by Crippen LogP contribution is 2.31. The molecule has 3 heterocycles. The molecule has 8 nitrogen and oxygen atoms in total. The van der Waals surface area contributed by atoms with Crippen molar-refractivity contribution in [3.63, 3.8) is 0 Å². The fourth-order valence-electron chi connectivity index (χ4n) is 3.83. The molecule has 1 spiro atoms. The summed E-state index contributed by atoms with van der Waals surface area (Å²) in [5, 5.41) is 5.42. The number of anilines is 1. The summed E-state index contributed by atoms with van der Waals surface area (Å²) >= 11 is 1.40. The zero-order chi connectivity index (χ0) is 21.8. The summed E-state index contributed by atoms with van der Waals surface area (Å²) in [6.07, 6.45) is 1.35. The number of carbonyl (C=O) groups is 2. The van der Waals surface area contributed by atoms with E-state index in [2.05, 4.69) is 10.3 Å². The van der Waals surface area contributed by atoms with Crippen molar-refractivity contribution in [3.8, 4) is 0 Å². The van der Waals surface area contributed by atoms with Crippen LogP contribution in [0.25, 0.3) is 0 Å². The van der Waals surface area contributed by atoms with Crippen LogP contribution in [0.3, 0.4) is 0 Å². The standard InChI is InChI=1S/C22H28N4O4S/c1-16(2)26(21(28)23-17-6-4-3-5-7-17)14-19-24-18(15-31-19)20(27)25-10-8-22(9-11-25)29-12-13-30-22/h3-7,15-16H,8-14H2,1-2H3,(H,23,28). The third-order valence-electron chi connectivity index (χ3n) is 5.61. The van der Waals surface area contributed by atoms with Crippen LogP contribution in [0.15, 0.2) is 35.7 Å². The van der Waals surface area contributed by atoms with Crippen LogP contribution in [0.4, 0.5) is 10.5 Å². The van der Waals surface area contributed by atoms with Crippen LogP contribution in [-0.2, 0) is 16.0 Å². The van der Waals surface area contributed by atoms with Gasteiger partial charge in [-0.15, -0.1) is 11.3 Å². The molecule has 1 aromatic heterocycles. The van der Waals surface area contributed by atoms with Crippen molar-refractivity contribution in [3.05, 3.63) is 46.4 Å². The molecule has 1 N–H and O–H groups in total. The van der Waals surface area contributed by atoms with E-state index in [1.807, 2.05) is 44.2 Å². The maximum absolute atomic E-state index is 12.9. The number of para-hydroxylation sites is 1. The van der Waals surface area contributed by atoms with E-state index < -0.39 is 5.79 Å². The smallest absolute Gasteiger partial charge is 0.322 e. The van der Waals surface area contributed by atoms with Gasteiger partial charge in [0, 0.05) is 43.0 Å². The number of nitrogens with one attached hydrogen (secondary N) is 1. The van der Waals surface area contributed by atoms with Crippen LogP contribution in [0.5, 0.6) is 0 Å². The molecular formula is C22H28N4O4S. The Hall–Kier alpha value is -2.49. The van der Waals surface area contributed by atoms with Gasteiger partial charge in [-0.3, -0.25) is 4.79 Å². The average Bonchev–Trinajstić information content (AvgIpc) is 3.42. The van der Waals surface area contributed by atoms with Gasteiger partial charge in [0.1, 0.15) is 10.7 Å². The first kappa shape index (κ1) is 21.7. The molecule has 3 amide bonds. The Bertz CT molecular complexity index is 901. The number of thiazole rings is 1. The minimum Gasteiger partial charge on any atom is -0.347 e. The number of hydrogen-bond acceptors (Lipinski definition) is 6. The number of urea groups is 1. The highest BCUT2D eigenvalue weighted by Gasteiger charge is 2.41.